The predicted molar refractivity (Wildman–Crippen MR) is 72.0 cm³/mol. The van der Waals surface area contributed by atoms with Crippen LogP contribution < -0.4 is 0 Å². The van der Waals surface area contributed by atoms with Gasteiger partial charge >= 0.3 is 11.9 Å². The molecule has 0 bridgehead atoms. The van der Waals surface area contributed by atoms with Crippen LogP contribution in [0.25, 0.3) is 0 Å². The van der Waals surface area contributed by atoms with Gasteiger partial charge in [0.05, 0.1) is 0 Å². The molecular formula is C14H23NO5. The van der Waals surface area contributed by atoms with E-state index < -0.39 is 30.0 Å². The fraction of sp³-hybridized carbons (Fsp3) is 0.786. The Balaban J connectivity index is 2.78. The van der Waals surface area contributed by atoms with Crippen molar-refractivity contribution < 1.29 is 24.2 Å². The number of nitrogens with zero attached hydrogens (tertiary/aromatic N) is 1. The largest absolute Gasteiger partial charge is 0.480 e. The van der Waals surface area contributed by atoms with Crippen molar-refractivity contribution in [2.45, 2.75) is 58.6 Å². The number of likely N-dealkylation sites (tertiary alicyclic amines) is 1. The van der Waals surface area contributed by atoms with Crippen molar-refractivity contribution in [3.63, 3.8) is 0 Å². The van der Waals surface area contributed by atoms with E-state index in [2.05, 4.69) is 0 Å². The van der Waals surface area contributed by atoms with E-state index in [4.69, 9.17) is 9.84 Å². The van der Waals surface area contributed by atoms with Crippen molar-refractivity contribution >= 4 is 17.8 Å². The highest BCUT2D eigenvalue weighted by Gasteiger charge is 2.39. The molecule has 0 aromatic heterocycles. The van der Waals surface area contributed by atoms with Crippen LogP contribution in [-0.4, -0.2) is 46.5 Å². The molecule has 1 unspecified atom stereocenters. The third-order valence-electron chi connectivity index (χ3n) is 3.38. The van der Waals surface area contributed by atoms with Crippen molar-refractivity contribution in [1.82, 2.24) is 4.90 Å². The Labute approximate surface area is 119 Å². The topological polar surface area (TPSA) is 83.9 Å². The first-order valence-electron chi connectivity index (χ1n) is 7.11. The molecule has 0 spiro atoms. The second kappa shape index (κ2) is 7.26. The summed E-state index contributed by atoms with van der Waals surface area (Å²) in [5, 5.41) is 9.12. The maximum Gasteiger partial charge on any atom is 0.326 e. The number of aliphatic carboxylic acids is 1. The van der Waals surface area contributed by atoms with Gasteiger partial charge in [0.25, 0.3) is 5.91 Å². The van der Waals surface area contributed by atoms with Gasteiger partial charge in [0.2, 0.25) is 0 Å². The Kier molecular flexibility index (Phi) is 5.98. The molecule has 1 aliphatic heterocycles. The smallest absolute Gasteiger partial charge is 0.326 e. The highest BCUT2D eigenvalue weighted by atomic mass is 16.5. The number of carboxylic acids is 1. The molecule has 114 valence electrons. The van der Waals surface area contributed by atoms with E-state index in [0.717, 1.165) is 0 Å². The molecule has 2 atom stereocenters. The van der Waals surface area contributed by atoms with E-state index >= 15 is 0 Å². The summed E-state index contributed by atoms with van der Waals surface area (Å²) < 4.78 is 5.23. The number of hydrogen-bond acceptors (Lipinski definition) is 4. The second-order valence-corrected chi connectivity index (χ2v) is 5.43. The molecule has 6 nitrogen and oxygen atoms in total. The number of rotatable bonds is 6. The normalized spacial score (nSPS) is 20.0. The average Bonchev–Trinajstić information content (AvgIpc) is 2.84. The summed E-state index contributed by atoms with van der Waals surface area (Å²) in [6, 6.07) is -0.798. The third kappa shape index (κ3) is 3.95. The van der Waals surface area contributed by atoms with Gasteiger partial charge in [-0.15, -0.1) is 0 Å². The molecule has 0 saturated carbocycles. The molecule has 0 aromatic carbocycles. The predicted octanol–water partition coefficient (Wildman–Crippen LogP) is 1.43. The van der Waals surface area contributed by atoms with Crippen molar-refractivity contribution in [1.29, 1.82) is 0 Å². The van der Waals surface area contributed by atoms with Gasteiger partial charge in [-0.25, -0.2) is 4.79 Å². The summed E-state index contributed by atoms with van der Waals surface area (Å²) in [7, 11) is 0. The van der Waals surface area contributed by atoms with Crippen LogP contribution in [0.15, 0.2) is 0 Å². The quantitative estimate of drug-likeness (QED) is 0.746. The van der Waals surface area contributed by atoms with Crippen molar-refractivity contribution in [3.05, 3.63) is 0 Å². The van der Waals surface area contributed by atoms with Crippen LogP contribution in [-0.2, 0) is 19.1 Å². The number of hydrogen-bond donors (Lipinski definition) is 1. The molecule has 20 heavy (non-hydrogen) atoms. The minimum absolute atomic E-state index is 0.182. The Morgan fingerprint density at radius 3 is 2.50 bits per heavy atom. The van der Waals surface area contributed by atoms with Crippen LogP contribution >= 0.6 is 0 Å². The zero-order valence-corrected chi connectivity index (χ0v) is 12.3. The molecule has 0 aromatic rings. The van der Waals surface area contributed by atoms with Gasteiger partial charge in [-0.3, -0.25) is 9.59 Å². The first-order valence-corrected chi connectivity index (χ1v) is 7.11. The van der Waals surface area contributed by atoms with Gasteiger partial charge in [-0.05, 0) is 25.2 Å². The summed E-state index contributed by atoms with van der Waals surface area (Å²) >= 11 is 0. The molecule has 0 aliphatic carbocycles. The number of esters is 1. The zero-order chi connectivity index (χ0) is 15.3. The van der Waals surface area contributed by atoms with Gasteiger partial charge in [-0.1, -0.05) is 20.8 Å². The fourth-order valence-electron chi connectivity index (χ4n) is 2.33. The van der Waals surface area contributed by atoms with Crippen LogP contribution in [0, 0.1) is 5.92 Å². The highest BCUT2D eigenvalue weighted by Crippen LogP contribution is 2.22. The number of carbonyl (C=O) groups is 3. The lowest BCUT2D eigenvalue weighted by Crippen LogP contribution is -2.48. The fourth-order valence-corrected chi connectivity index (χ4v) is 2.33. The Morgan fingerprint density at radius 1 is 1.35 bits per heavy atom. The highest BCUT2D eigenvalue weighted by molar-refractivity contribution is 5.88. The minimum atomic E-state index is -1.00. The lowest BCUT2D eigenvalue weighted by molar-refractivity contribution is -0.165. The molecule has 1 heterocycles. The molecule has 1 saturated heterocycles. The van der Waals surface area contributed by atoms with Gasteiger partial charge in [0.1, 0.15) is 6.04 Å². The molecule has 6 heteroatoms. The van der Waals surface area contributed by atoms with E-state index in [1.165, 1.54) is 4.90 Å². The van der Waals surface area contributed by atoms with Crippen LogP contribution in [0.2, 0.25) is 0 Å². The SMILES string of the molecule is CCCC(=O)O[C@H](C(=O)N1CCCC1C(=O)O)C(C)C. The maximum atomic E-state index is 12.4. The van der Waals surface area contributed by atoms with Gasteiger partial charge in [-0.2, -0.15) is 0 Å². The van der Waals surface area contributed by atoms with Gasteiger partial charge < -0.3 is 14.7 Å². The Morgan fingerprint density at radius 2 is 2.00 bits per heavy atom. The first kappa shape index (κ1) is 16.5. The summed E-state index contributed by atoms with van der Waals surface area (Å²) in [4.78, 5) is 36.5. The first-order chi connectivity index (χ1) is 9.38. The number of ether oxygens (including phenoxy) is 1. The molecule has 1 N–H and O–H groups in total. The van der Waals surface area contributed by atoms with Crippen molar-refractivity contribution in [2.24, 2.45) is 5.92 Å². The number of carboxylic acid groups (broad SMARTS) is 1. The molecular weight excluding hydrogens is 262 g/mol. The van der Waals surface area contributed by atoms with E-state index in [1.54, 1.807) is 13.8 Å². The molecule has 1 aliphatic rings. The average molecular weight is 285 g/mol. The number of carbonyl (C=O) groups excluding carboxylic acids is 2. The van der Waals surface area contributed by atoms with Crippen LogP contribution in [0.3, 0.4) is 0 Å². The minimum Gasteiger partial charge on any atom is -0.480 e. The van der Waals surface area contributed by atoms with Crippen LogP contribution in [0.5, 0.6) is 0 Å². The monoisotopic (exact) mass is 285 g/mol. The van der Waals surface area contributed by atoms with E-state index in [0.29, 0.717) is 25.8 Å². The standard InChI is InChI=1S/C14H23NO5/c1-4-6-11(16)20-12(9(2)3)13(17)15-8-5-7-10(15)14(18)19/h9-10,12H,4-8H2,1-3H3,(H,18,19)/t10?,12-/m0/s1. The van der Waals surface area contributed by atoms with E-state index in [9.17, 15) is 14.4 Å². The van der Waals surface area contributed by atoms with Crippen LogP contribution in [0.4, 0.5) is 0 Å². The van der Waals surface area contributed by atoms with Crippen molar-refractivity contribution in [3.8, 4) is 0 Å². The zero-order valence-electron chi connectivity index (χ0n) is 12.3. The van der Waals surface area contributed by atoms with E-state index in [1.807, 2.05) is 6.92 Å². The molecule has 0 radical (unpaired) electrons. The Bertz CT molecular complexity index is 380. The maximum absolute atomic E-state index is 12.4. The lowest BCUT2D eigenvalue weighted by atomic mass is 10.1. The van der Waals surface area contributed by atoms with Gasteiger partial charge in [0, 0.05) is 13.0 Å². The van der Waals surface area contributed by atoms with Gasteiger partial charge in [0.15, 0.2) is 6.10 Å². The molecule has 1 amide bonds. The lowest BCUT2D eigenvalue weighted by Gasteiger charge is -2.28. The number of amides is 1. The molecule has 1 rings (SSSR count). The third-order valence-corrected chi connectivity index (χ3v) is 3.38. The second-order valence-electron chi connectivity index (χ2n) is 5.43. The summed E-state index contributed by atoms with van der Waals surface area (Å²) in [6.07, 6.45) is 1.14. The summed E-state index contributed by atoms with van der Waals surface area (Å²) in [5.74, 6) is -1.99. The van der Waals surface area contributed by atoms with E-state index in [-0.39, 0.29) is 12.3 Å². The summed E-state index contributed by atoms with van der Waals surface area (Å²) in [6.45, 7) is 5.83. The summed E-state index contributed by atoms with van der Waals surface area (Å²) in [5.41, 5.74) is 0. The molecule has 1 fully saturated rings. The van der Waals surface area contributed by atoms with Crippen LogP contribution in [0.1, 0.15) is 46.5 Å². The Hall–Kier alpha value is -1.59. The van der Waals surface area contributed by atoms with Crippen molar-refractivity contribution in [2.75, 3.05) is 6.54 Å².